The molecule has 4 aromatic rings. The van der Waals surface area contributed by atoms with Gasteiger partial charge in [0, 0.05) is 11.3 Å². The number of hydrogen-bond acceptors (Lipinski definition) is 5. The molecule has 4 rings (SSSR count). The predicted molar refractivity (Wildman–Crippen MR) is 118 cm³/mol. The number of H-pyrrole nitrogens is 1. The Morgan fingerprint density at radius 3 is 2.21 bits per heavy atom. The minimum Gasteiger partial charge on any atom is -0.351 e. The van der Waals surface area contributed by atoms with Crippen LogP contribution < -0.4 is 16.4 Å². The van der Waals surface area contributed by atoms with Gasteiger partial charge < -0.3 is 16.4 Å². The minimum atomic E-state index is -4.85. The Morgan fingerprint density at radius 2 is 1.62 bits per heavy atom. The van der Waals surface area contributed by atoms with Crippen molar-refractivity contribution in [3.8, 4) is 22.5 Å². The number of nitrogens with zero attached hydrogens (tertiary/aromatic N) is 3. The topological polar surface area (TPSA) is 139 Å². The van der Waals surface area contributed by atoms with Crippen molar-refractivity contribution in [2.24, 2.45) is 5.73 Å². The van der Waals surface area contributed by atoms with Crippen molar-refractivity contribution in [2.75, 3.05) is 10.6 Å². The van der Waals surface area contributed by atoms with E-state index in [4.69, 9.17) is 5.73 Å². The van der Waals surface area contributed by atoms with Crippen molar-refractivity contribution in [3.05, 3.63) is 77.9 Å². The maximum absolute atomic E-state index is 14.3. The molecule has 0 fully saturated rings. The van der Waals surface area contributed by atoms with E-state index in [9.17, 15) is 22.8 Å². The molecule has 5 N–H and O–H groups in total. The largest absolute Gasteiger partial charge is 0.417 e. The molecule has 0 atom stereocenters. The van der Waals surface area contributed by atoms with Crippen molar-refractivity contribution in [3.63, 3.8) is 0 Å². The SMILES string of the molecule is NC(=O)Nc1ccc(-c2ccc(C(=O)Nc3ccccc3)cc2)c(C(F)(F)F)c1-c1nnn[nH]1. The second-order valence-corrected chi connectivity index (χ2v) is 7.05. The zero-order valence-electron chi connectivity index (χ0n) is 17.2. The zero-order chi connectivity index (χ0) is 24.3. The molecule has 0 spiro atoms. The molecule has 0 aliphatic heterocycles. The summed E-state index contributed by atoms with van der Waals surface area (Å²) in [4.78, 5) is 23.8. The van der Waals surface area contributed by atoms with Crippen LogP contribution in [0.3, 0.4) is 0 Å². The number of tetrazole rings is 1. The van der Waals surface area contributed by atoms with Crippen LogP contribution in [0.1, 0.15) is 15.9 Å². The number of alkyl halides is 3. The van der Waals surface area contributed by atoms with Gasteiger partial charge in [-0.05, 0) is 51.9 Å². The Labute approximate surface area is 190 Å². The Balaban J connectivity index is 1.78. The third-order valence-corrected chi connectivity index (χ3v) is 4.82. The maximum Gasteiger partial charge on any atom is 0.417 e. The number of nitrogens with two attached hydrogens (primary N) is 1. The van der Waals surface area contributed by atoms with Gasteiger partial charge in [0.15, 0.2) is 5.82 Å². The third kappa shape index (κ3) is 4.70. The Kier molecular flexibility index (Phi) is 5.95. The molecule has 0 saturated carbocycles. The zero-order valence-corrected chi connectivity index (χ0v) is 17.2. The molecular formula is C22H16F3N7O2. The highest BCUT2D eigenvalue weighted by Gasteiger charge is 2.39. The fourth-order valence-electron chi connectivity index (χ4n) is 3.41. The lowest BCUT2D eigenvalue weighted by atomic mass is 9.92. The number of carbonyl (C=O) groups excluding carboxylic acids is 2. The summed E-state index contributed by atoms with van der Waals surface area (Å²) in [5, 5.41) is 17.4. The number of anilines is 2. The molecule has 0 radical (unpaired) electrons. The fraction of sp³-hybridized carbons (Fsp3) is 0.0455. The molecule has 12 heteroatoms. The number of aromatic amines is 1. The van der Waals surface area contributed by atoms with E-state index in [0.717, 1.165) is 0 Å². The van der Waals surface area contributed by atoms with E-state index in [2.05, 4.69) is 31.3 Å². The van der Waals surface area contributed by atoms with Crippen molar-refractivity contribution < 1.29 is 22.8 Å². The van der Waals surface area contributed by atoms with Crippen LogP contribution in [0.2, 0.25) is 0 Å². The Morgan fingerprint density at radius 1 is 0.912 bits per heavy atom. The number of rotatable bonds is 5. The summed E-state index contributed by atoms with van der Waals surface area (Å²) in [6, 6.07) is 15.8. The van der Waals surface area contributed by atoms with Crippen molar-refractivity contribution in [2.45, 2.75) is 6.18 Å². The van der Waals surface area contributed by atoms with Crippen molar-refractivity contribution in [1.29, 1.82) is 0 Å². The van der Waals surface area contributed by atoms with Gasteiger partial charge in [-0.3, -0.25) is 4.79 Å². The summed E-state index contributed by atoms with van der Waals surface area (Å²) in [7, 11) is 0. The highest BCUT2D eigenvalue weighted by atomic mass is 19.4. The van der Waals surface area contributed by atoms with E-state index in [0.29, 0.717) is 5.69 Å². The lowest BCUT2D eigenvalue weighted by molar-refractivity contribution is -0.136. The second-order valence-electron chi connectivity index (χ2n) is 7.05. The number of halogens is 3. The average Bonchev–Trinajstić information content (AvgIpc) is 3.33. The third-order valence-electron chi connectivity index (χ3n) is 4.82. The van der Waals surface area contributed by atoms with Gasteiger partial charge in [0.2, 0.25) is 0 Å². The molecule has 34 heavy (non-hydrogen) atoms. The van der Waals surface area contributed by atoms with E-state index in [1.165, 1.54) is 36.4 Å². The molecule has 0 aliphatic carbocycles. The van der Waals surface area contributed by atoms with E-state index >= 15 is 0 Å². The smallest absolute Gasteiger partial charge is 0.351 e. The van der Waals surface area contributed by atoms with Crippen LogP contribution in [-0.4, -0.2) is 32.6 Å². The van der Waals surface area contributed by atoms with Crippen LogP contribution in [0.15, 0.2) is 66.7 Å². The maximum atomic E-state index is 14.3. The minimum absolute atomic E-state index is 0.183. The van der Waals surface area contributed by atoms with Crippen LogP contribution in [0.4, 0.5) is 29.3 Å². The van der Waals surface area contributed by atoms with E-state index in [1.54, 1.807) is 30.3 Å². The summed E-state index contributed by atoms with van der Waals surface area (Å²) in [6.07, 6.45) is -4.85. The predicted octanol–water partition coefficient (Wildman–Crippen LogP) is 4.30. The molecule has 0 aliphatic rings. The monoisotopic (exact) mass is 467 g/mol. The number of carbonyl (C=O) groups is 2. The number of primary amides is 1. The van der Waals surface area contributed by atoms with Gasteiger partial charge in [0.25, 0.3) is 5.91 Å². The summed E-state index contributed by atoms with van der Waals surface area (Å²) in [6.45, 7) is 0. The van der Waals surface area contributed by atoms with E-state index in [1.807, 2.05) is 0 Å². The molecule has 1 aromatic heterocycles. The lowest BCUT2D eigenvalue weighted by Crippen LogP contribution is -2.21. The number of nitrogens with one attached hydrogen (secondary N) is 3. The lowest BCUT2D eigenvalue weighted by Gasteiger charge is -2.19. The van der Waals surface area contributed by atoms with E-state index in [-0.39, 0.29) is 28.2 Å². The number of amides is 3. The van der Waals surface area contributed by atoms with Gasteiger partial charge in [-0.15, -0.1) is 5.10 Å². The fourth-order valence-corrected chi connectivity index (χ4v) is 3.41. The summed E-state index contributed by atoms with van der Waals surface area (Å²) >= 11 is 0. The quantitative estimate of drug-likeness (QED) is 0.347. The first kappa shape index (κ1) is 22.5. The van der Waals surface area contributed by atoms with Crippen molar-refractivity contribution >= 4 is 23.3 Å². The second kappa shape index (κ2) is 9.02. The molecule has 1 heterocycles. The number of hydrogen-bond donors (Lipinski definition) is 4. The molecular weight excluding hydrogens is 451 g/mol. The highest BCUT2D eigenvalue weighted by molar-refractivity contribution is 6.04. The number of urea groups is 1. The first-order valence-corrected chi connectivity index (χ1v) is 9.75. The van der Waals surface area contributed by atoms with Gasteiger partial charge >= 0.3 is 12.2 Å². The van der Waals surface area contributed by atoms with Crippen LogP contribution in [0.5, 0.6) is 0 Å². The molecule has 9 nitrogen and oxygen atoms in total. The van der Waals surface area contributed by atoms with Crippen molar-refractivity contribution in [1.82, 2.24) is 20.6 Å². The number of aromatic nitrogens is 4. The van der Waals surface area contributed by atoms with E-state index < -0.39 is 29.2 Å². The van der Waals surface area contributed by atoms with Gasteiger partial charge in [-0.25, -0.2) is 9.89 Å². The summed E-state index contributed by atoms with van der Waals surface area (Å²) in [5.74, 6) is -0.722. The summed E-state index contributed by atoms with van der Waals surface area (Å²) in [5.41, 5.74) is 4.16. The first-order chi connectivity index (χ1) is 16.2. The van der Waals surface area contributed by atoms with Crippen LogP contribution in [-0.2, 0) is 6.18 Å². The van der Waals surface area contributed by atoms with Crippen LogP contribution >= 0.6 is 0 Å². The molecule has 3 aromatic carbocycles. The normalized spacial score (nSPS) is 11.1. The van der Waals surface area contributed by atoms with Gasteiger partial charge in [-0.1, -0.05) is 36.4 Å². The Bertz CT molecular complexity index is 1320. The van der Waals surface area contributed by atoms with Crippen LogP contribution in [0.25, 0.3) is 22.5 Å². The molecule has 0 bridgehead atoms. The first-order valence-electron chi connectivity index (χ1n) is 9.75. The van der Waals surface area contributed by atoms with Gasteiger partial charge in [-0.2, -0.15) is 13.2 Å². The average molecular weight is 467 g/mol. The standard InChI is InChI=1S/C22H16F3N7O2/c23-22(24,25)18-15(10-11-16(28-21(26)34)17(18)19-29-31-32-30-19)12-6-8-13(9-7-12)20(33)27-14-4-2-1-3-5-14/h1-11H,(H,27,33)(H3,26,28,34)(H,29,30,31,32). The number of para-hydroxylation sites is 1. The molecule has 0 unspecified atom stereocenters. The van der Waals surface area contributed by atoms with Gasteiger partial charge in [0.05, 0.1) is 16.8 Å². The summed E-state index contributed by atoms with van der Waals surface area (Å²) < 4.78 is 42.8. The molecule has 3 amide bonds. The molecule has 172 valence electrons. The Hall–Kier alpha value is -4.74. The number of benzene rings is 3. The molecule has 0 saturated heterocycles. The highest BCUT2D eigenvalue weighted by Crippen LogP contribution is 2.45. The van der Waals surface area contributed by atoms with Crippen LogP contribution in [0, 0.1) is 0 Å². The van der Waals surface area contributed by atoms with Gasteiger partial charge in [0.1, 0.15) is 0 Å².